The van der Waals surface area contributed by atoms with E-state index in [1.165, 1.54) is 4.90 Å². The third-order valence-corrected chi connectivity index (χ3v) is 3.69. The molecule has 1 N–H and O–H groups in total. The van der Waals surface area contributed by atoms with E-state index in [-0.39, 0.29) is 30.1 Å². The maximum atomic E-state index is 12.6. The van der Waals surface area contributed by atoms with E-state index in [0.717, 1.165) is 5.39 Å². The predicted octanol–water partition coefficient (Wildman–Crippen LogP) is 1.85. The van der Waals surface area contributed by atoms with Gasteiger partial charge >= 0.3 is 0 Å². The molecule has 21 heavy (non-hydrogen) atoms. The smallest absolute Gasteiger partial charge is 0.274 e. The highest BCUT2D eigenvalue weighted by atomic mass is 35.5. The first-order valence-corrected chi connectivity index (χ1v) is 7.06. The number of nitrogens with zero attached hydrogens (tertiary/aromatic N) is 2. The molecule has 5 nitrogen and oxygen atoms in total. The summed E-state index contributed by atoms with van der Waals surface area (Å²) in [6, 6.07) is 9.11. The Morgan fingerprint density at radius 3 is 2.95 bits per heavy atom. The van der Waals surface area contributed by atoms with Gasteiger partial charge in [-0.3, -0.25) is 9.59 Å². The highest BCUT2D eigenvalue weighted by Crippen LogP contribution is 2.22. The van der Waals surface area contributed by atoms with Crippen molar-refractivity contribution < 1.29 is 9.59 Å². The average Bonchev–Trinajstić information content (AvgIpc) is 2.44. The van der Waals surface area contributed by atoms with E-state index in [4.69, 9.17) is 11.6 Å². The minimum Gasteiger partial charge on any atom is -0.350 e. The number of aromatic nitrogens is 1. The number of halogens is 1. The van der Waals surface area contributed by atoms with Crippen molar-refractivity contribution in [3.63, 3.8) is 0 Å². The van der Waals surface area contributed by atoms with Gasteiger partial charge in [-0.2, -0.15) is 0 Å². The number of hydrogen-bond acceptors (Lipinski definition) is 3. The van der Waals surface area contributed by atoms with Crippen molar-refractivity contribution in [2.45, 2.75) is 13.0 Å². The number of carbonyl (C=O) groups excluding carboxylic acids is 2. The summed E-state index contributed by atoms with van der Waals surface area (Å²) < 4.78 is 0. The molecule has 0 bridgehead atoms. The highest BCUT2D eigenvalue weighted by molar-refractivity contribution is 6.34. The summed E-state index contributed by atoms with van der Waals surface area (Å²) in [6.07, 6.45) is 0. The van der Waals surface area contributed by atoms with Crippen LogP contribution in [0.25, 0.3) is 10.9 Å². The monoisotopic (exact) mass is 303 g/mol. The fraction of sp³-hybridized carbons (Fsp3) is 0.267. The van der Waals surface area contributed by atoms with Crippen LogP contribution < -0.4 is 5.32 Å². The van der Waals surface area contributed by atoms with E-state index in [9.17, 15) is 9.59 Å². The van der Waals surface area contributed by atoms with E-state index in [1.807, 2.05) is 31.2 Å². The molecule has 1 aromatic carbocycles. The lowest BCUT2D eigenvalue weighted by Crippen LogP contribution is -2.54. The van der Waals surface area contributed by atoms with E-state index < -0.39 is 0 Å². The number of hydrogen-bond donors (Lipinski definition) is 1. The van der Waals surface area contributed by atoms with Crippen molar-refractivity contribution in [3.8, 4) is 0 Å². The van der Waals surface area contributed by atoms with Crippen molar-refractivity contribution in [1.29, 1.82) is 0 Å². The van der Waals surface area contributed by atoms with Crippen molar-refractivity contribution in [2.75, 3.05) is 13.1 Å². The third kappa shape index (κ3) is 2.69. The lowest BCUT2D eigenvalue weighted by molar-refractivity contribution is -0.124. The molecule has 2 heterocycles. The summed E-state index contributed by atoms with van der Waals surface area (Å²) >= 11 is 6.18. The molecular formula is C15H14ClN3O2. The summed E-state index contributed by atoms with van der Waals surface area (Å²) in [6.45, 7) is 2.34. The van der Waals surface area contributed by atoms with Crippen molar-refractivity contribution >= 4 is 34.3 Å². The molecule has 1 saturated heterocycles. The second-order valence-corrected chi connectivity index (χ2v) is 5.57. The van der Waals surface area contributed by atoms with Gasteiger partial charge in [0.1, 0.15) is 5.69 Å². The van der Waals surface area contributed by atoms with Crippen LogP contribution in [-0.2, 0) is 4.79 Å². The molecule has 0 saturated carbocycles. The largest absolute Gasteiger partial charge is 0.350 e. The fourth-order valence-electron chi connectivity index (χ4n) is 2.48. The van der Waals surface area contributed by atoms with Crippen LogP contribution in [0.5, 0.6) is 0 Å². The SMILES string of the molecule is CC1CN(C(=O)c2nc3ccccc3cc2Cl)CC(=O)N1. The predicted molar refractivity (Wildman–Crippen MR) is 80.3 cm³/mol. The maximum absolute atomic E-state index is 12.6. The average molecular weight is 304 g/mol. The first-order valence-electron chi connectivity index (χ1n) is 6.68. The molecule has 2 amide bonds. The molecular weight excluding hydrogens is 290 g/mol. The van der Waals surface area contributed by atoms with Crippen LogP contribution in [0.2, 0.25) is 5.02 Å². The minimum absolute atomic E-state index is 0.0357. The first-order chi connectivity index (χ1) is 10.0. The number of nitrogens with one attached hydrogen (secondary N) is 1. The molecule has 1 fully saturated rings. The number of para-hydroxylation sites is 1. The van der Waals surface area contributed by atoms with Gasteiger partial charge in [-0.15, -0.1) is 0 Å². The van der Waals surface area contributed by atoms with E-state index in [2.05, 4.69) is 10.3 Å². The molecule has 1 atom stereocenters. The van der Waals surface area contributed by atoms with Crippen molar-refractivity contribution in [3.05, 3.63) is 41.0 Å². The Labute approximate surface area is 126 Å². The molecule has 0 spiro atoms. The molecule has 3 rings (SSSR count). The molecule has 108 valence electrons. The number of rotatable bonds is 1. The van der Waals surface area contributed by atoms with Crippen LogP contribution in [0.15, 0.2) is 30.3 Å². The van der Waals surface area contributed by atoms with E-state index in [1.54, 1.807) is 6.07 Å². The highest BCUT2D eigenvalue weighted by Gasteiger charge is 2.28. The van der Waals surface area contributed by atoms with Gasteiger partial charge in [-0.25, -0.2) is 4.98 Å². The standard InChI is InChI=1S/C15H14ClN3O2/c1-9-7-19(8-13(20)17-9)15(21)14-11(16)6-10-4-2-3-5-12(10)18-14/h2-6,9H,7-8H2,1H3,(H,17,20). The van der Waals surface area contributed by atoms with Crippen molar-refractivity contribution in [2.24, 2.45) is 0 Å². The quantitative estimate of drug-likeness (QED) is 0.874. The Hall–Kier alpha value is -2.14. The minimum atomic E-state index is -0.313. The van der Waals surface area contributed by atoms with Crippen LogP contribution >= 0.6 is 11.6 Å². The van der Waals surface area contributed by atoms with Gasteiger partial charge in [0.05, 0.1) is 17.1 Å². The topological polar surface area (TPSA) is 62.3 Å². The molecule has 0 aliphatic carbocycles. The van der Waals surface area contributed by atoms with E-state index >= 15 is 0 Å². The van der Waals surface area contributed by atoms with Crippen LogP contribution in [-0.4, -0.2) is 40.8 Å². The number of piperazine rings is 1. The number of fused-ring (bicyclic) bond motifs is 1. The van der Waals surface area contributed by atoms with Gasteiger partial charge in [0, 0.05) is 18.0 Å². The van der Waals surface area contributed by atoms with Crippen LogP contribution in [0.3, 0.4) is 0 Å². The zero-order valence-corrected chi connectivity index (χ0v) is 12.2. The van der Waals surface area contributed by atoms with Crippen LogP contribution in [0, 0.1) is 0 Å². The molecule has 2 aromatic rings. The molecule has 1 unspecified atom stereocenters. The zero-order chi connectivity index (χ0) is 15.0. The molecule has 6 heteroatoms. The summed E-state index contributed by atoms with van der Waals surface area (Å²) in [5, 5.41) is 3.96. The Balaban J connectivity index is 1.97. The van der Waals surface area contributed by atoms with E-state index in [0.29, 0.717) is 17.1 Å². The number of carbonyl (C=O) groups is 2. The van der Waals surface area contributed by atoms with Crippen LogP contribution in [0.4, 0.5) is 0 Å². The first kappa shape index (κ1) is 13.8. The second kappa shape index (κ2) is 5.33. The Kier molecular flexibility index (Phi) is 3.51. The molecule has 1 aliphatic rings. The van der Waals surface area contributed by atoms with Gasteiger partial charge in [0.2, 0.25) is 5.91 Å². The Morgan fingerprint density at radius 2 is 2.19 bits per heavy atom. The van der Waals surface area contributed by atoms with Gasteiger partial charge in [0.15, 0.2) is 0 Å². The zero-order valence-electron chi connectivity index (χ0n) is 11.5. The molecule has 1 aliphatic heterocycles. The normalized spacial score (nSPS) is 18.7. The van der Waals surface area contributed by atoms with Crippen LogP contribution in [0.1, 0.15) is 17.4 Å². The van der Waals surface area contributed by atoms with Gasteiger partial charge < -0.3 is 10.2 Å². The Morgan fingerprint density at radius 1 is 1.43 bits per heavy atom. The maximum Gasteiger partial charge on any atom is 0.274 e. The second-order valence-electron chi connectivity index (χ2n) is 5.17. The lowest BCUT2D eigenvalue weighted by atomic mass is 10.1. The fourth-order valence-corrected chi connectivity index (χ4v) is 2.72. The summed E-state index contributed by atoms with van der Waals surface area (Å²) in [5.74, 6) is -0.480. The van der Waals surface area contributed by atoms with Gasteiger partial charge in [0.25, 0.3) is 5.91 Å². The molecule has 0 radical (unpaired) electrons. The number of pyridine rings is 1. The Bertz CT molecular complexity index is 732. The third-order valence-electron chi connectivity index (χ3n) is 3.40. The molecule has 1 aromatic heterocycles. The van der Waals surface area contributed by atoms with Gasteiger partial charge in [-0.1, -0.05) is 29.8 Å². The summed E-state index contributed by atoms with van der Waals surface area (Å²) in [4.78, 5) is 29.9. The van der Waals surface area contributed by atoms with Gasteiger partial charge in [-0.05, 0) is 19.1 Å². The number of benzene rings is 1. The summed E-state index contributed by atoms with van der Waals surface area (Å²) in [5.41, 5.74) is 0.900. The lowest BCUT2D eigenvalue weighted by Gasteiger charge is -2.31. The summed E-state index contributed by atoms with van der Waals surface area (Å²) in [7, 11) is 0. The van der Waals surface area contributed by atoms with Crippen molar-refractivity contribution in [1.82, 2.24) is 15.2 Å². The number of amides is 2.